The maximum absolute atomic E-state index is 10.1. The summed E-state index contributed by atoms with van der Waals surface area (Å²) in [6.45, 7) is 12.0. The third kappa shape index (κ3) is 2.55. The summed E-state index contributed by atoms with van der Waals surface area (Å²) >= 11 is 0. The SMILES string of the molecule is C=C(O)C1c2ccccc2CN1Cc1c(C)cc(C)cc1C. The maximum Gasteiger partial charge on any atom is 0.107 e. The minimum atomic E-state index is -0.101. The highest BCUT2D eigenvalue weighted by Crippen LogP contribution is 2.38. The molecule has 0 spiro atoms. The summed E-state index contributed by atoms with van der Waals surface area (Å²) in [4.78, 5) is 2.30. The highest BCUT2D eigenvalue weighted by Gasteiger charge is 2.32. The van der Waals surface area contributed by atoms with Gasteiger partial charge in [0.1, 0.15) is 5.76 Å². The van der Waals surface area contributed by atoms with Gasteiger partial charge in [0, 0.05) is 13.1 Å². The number of rotatable bonds is 3. The van der Waals surface area contributed by atoms with Gasteiger partial charge in [0.05, 0.1) is 6.04 Å². The van der Waals surface area contributed by atoms with Gasteiger partial charge in [-0.2, -0.15) is 0 Å². The zero-order valence-corrected chi connectivity index (χ0v) is 13.6. The normalized spacial score (nSPS) is 17.5. The fourth-order valence-corrected chi connectivity index (χ4v) is 3.65. The predicted octanol–water partition coefficient (Wildman–Crippen LogP) is 4.74. The average molecular weight is 293 g/mol. The van der Waals surface area contributed by atoms with Crippen molar-refractivity contribution in [3.05, 3.63) is 82.1 Å². The molecule has 1 aliphatic heterocycles. The lowest BCUT2D eigenvalue weighted by atomic mass is 9.98. The first kappa shape index (κ1) is 14.9. The topological polar surface area (TPSA) is 23.5 Å². The molecule has 0 aromatic heterocycles. The van der Waals surface area contributed by atoms with Crippen LogP contribution >= 0.6 is 0 Å². The van der Waals surface area contributed by atoms with Crippen LogP contribution in [0.2, 0.25) is 0 Å². The maximum atomic E-state index is 10.1. The summed E-state index contributed by atoms with van der Waals surface area (Å²) < 4.78 is 0. The van der Waals surface area contributed by atoms with E-state index in [1.807, 2.05) is 6.07 Å². The van der Waals surface area contributed by atoms with Crippen molar-refractivity contribution in [1.29, 1.82) is 0 Å². The first-order valence-corrected chi connectivity index (χ1v) is 7.73. The molecule has 0 radical (unpaired) electrons. The number of benzene rings is 2. The summed E-state index contributed by atoms with van der Waals surface area (Å²) in [5.41, 5.74) is 7.74. The Balaban J connectivity index is 1.95. The van der Waals surface area contributed by atoms with Crippen LogP contribution in [0.3, 0.4) is 0 Å². The number of fused-ring (bicyclic) bond motifs is 1. The third-order valence-corrected chi connectivity index (χ3v) is 4.61. The Kier molecular flexibility index (Phi) is 3.79. The van der Waals surface area contributed by atoms with Gasteiger partial charge in [0.25, 0.3) is 0 Å². The van der Waals surface area contributed by atoms with Crippen molar-refractivity contribution in [2.45, 2.75) is 39.9 Å². The minimum absolute atomic E-state index is 0.101. The number of aliphatic hydroxyl groups excluding tert-OH is 1. The van der Waals surface area contributed by atoms with Gasteiger partial charge in [-0.25, -0.2) is 0 Å². The molecular formula is C20H23NO. The second-order valence-corrected chi connectivity index (χ2v) is 6.37. The molecule has 0 saturated heterocycles. The van der Waals surface area contributed by atoms with Crippen molar-refractivity contribution >= 4 is 0 Å². The largest absolute Gasteiger partial charge is 0.511 e. The van der Waals surface area contributed by atoms with Crippen LogP contribution < -0.4 is 0 Å². The van der Waals surface area contributed by atoms with Gasteiger partial charge in [0.2, 0.25) is 0 Å². The lowest BCUT2D eigenvalue weighted by molar-refractivity contribution is 0.183. The van der Waals surface area contributed by atoms with Crippen molar-refractivity contribution in [3.8, 4) is 0 Å². The van der Waals surface area contributed by atoms with Gasteiger partial charge in [-0.3, -0.25) is 4.90 Å². The van der Waals surface area contributed by atoms with Crippen LogP contribution in [0.1, 0.15) is 39.4 Å². The van der Waals surface area contributed by atoms with Crippen molar-refractivity contribution in [1.82, 2.24) is 4.90 Å². The highest BCUT2D eigenvalue weighted by atomic mass is 16.3. The summed E-state index contributed by atoms with van der Waals surface area (Å²) in [7, 11) is 0. The monoisotopic (exact) mass is 293 g/mol. The number of hydrogen-bond acceptors (Lipinski definition) is 2. The number of hydrogen-bond donors (Lipinski definition) is 1. The second kappa shape index (κ2) is 5.62. The van der Waals surface area contributed by atoms with E-state index in [1.54, 1.807) is 0 Å². The smallest absolute Gasteiger partial charge is 0.107 e. The lowest BCUT2D eigenvalue weighted by Crippen LogP contribution is -2.24. The standard InChI is InChI=1S/C20H23NO/c1-13-9-14(2)19(15(3)10-13)12-21-11-17-7-5-6-8-18(17)20(21)16(4)22/h5-10,20,22H,4,11-12H2,1-3H3. The Labute approximate surface area is 132 Å². The molecule has 1 N–H and O–H groups in total. The van der Waals surface area contributed by atoms with Crippen LogP contribution in [0, 0.1) is 20.8 Å². The Morgan fingerprint density at radius 3 is 2.45 bits per heavy atom. The quantitative estimate of drug-likeness (QED) is 0.826. The summed E-state index contributed by atoms with van der Waals surface area (Å²) in [5, 5.41) is 10.1. The van der Waals surface area contributed by atoms with E-state index in [0.717, 1.165) is 13.1 Å². The molecule has 1 aliphatic rings. The molecule has 0 aliphatic carbocycles. The van der Waals surface area contributed by atoms with Crippen molar-refractivity contribution in [2.75, 3.05) is 0 Å². The molecule has 0 saturated carbocycles. The van der Waals surface area contributed by atoms with E-state index in [2.05, 4.69) is 62.6 Å². The van der Waals surface area contributed by atoms with E-state index >= 15 is 0 Å². The molecule has 0 fully saturated rings. The fourth-order valence-electron chi connectivity index (χ4n) is 3.65. The Bertz CT molecular complexity index is 709. The molecule has 0 bridgehead atoms. The molecule has 2 heteroatoms. The van der Waals surface area contributed by atoms with E-state index in [1.165, 1.54) is 33.4 Å². The van der Waals surface area contributed by atoms with E-state index in [4.69, 9.17) is 0 Å². The number of aryl methyl sites for hydroxylation is 3. The molecule has 1 unspecified atom stereocenters. The fraction of sp³-hybridized carbons (Fsp3) is 0.300. The van der Waals surface area contributed by atoms with E-state index in [0.29, 0.717) is 0 Å². The van der Waals surface area contributed by atoms with Crippen LogP contribution in [-0.2, 0) is 13.1 Å². The summed E-state index contributed by atoms with van der Waals surface area (Å²) in [6, 6.07) is 12.7. The van der Waals surface area contributed by atoms with Crippen LogP contribution in [-0.4, -0.2) is 10.0 Å². The zero-order chi connectivity index (χ0) is 15.9. The van der Waals surface area contributed by atoms with Crippen LogP contribution in [0.25, 0.3) is 0 Å². The van der Waals surface area contributed by atoms with Crippen molar-refractivity contribution < 1.29 is 5.11 Å². The van der Waals surface area contributed by atoms with Crippen LogP contribution in [0.5, 0.6) is 0 Å². The summed E-state index contributed by atoms with van der Waals surface area (Å²) in [5.74, 6) is 0.229. The molecule has 2 nitrogen and oxygen atoms in total. The van der Waals surface area contributed by atoms with Crippen LogP contribution in [0.15, 0.2) is 48.7 Å². The van der Waals surface area contributed by atoms with Crippen molar-refractivity contribution in [2.24, 2.45) is 0 Å². The van der Waals surface area contributed by atoms with E-state index < -0.39 is 0 Å². The molecule has 114 valence electrons. The lowest BCUT2D eigenvalue weighted by Gasteiger charge is -2.26. The Morgan fingerprint density at radius 2 is 1.82 bits per heavy atom. The van der Waals surface area contributed by atoms with Crippen molar-refractivity contribution in [3.63, 3.8) is 0 Å². The second-order valence-electron chi connectivity index (χ2n) is 6.37. The van der Waals surface area contributed by atoms with Gasteiger partial charge in [-0.15, -0.1) is 0 Å². The molecule has 3 rings (SSSR count). The highest BCUT2D eigenvalue weighted by molar-refractivity contribution is 5.41. The first-order valence-electron chi connectivity index (χ1n) is 7.73. The Morgan fingerprint density at radius 1 is 1.18 bits per heavy atom. The van der Waals surface area contributed by atoms with E-state index in [9.17, 15) is 5.11 Å². The first-order chi connectivity index (χ1) is 10.5. The molecule has 2 aromatic rings. The van der Waals surface area contributed by atoms with E-state index in [-0.39, 0.29) is 11.8 Å². The third-order valence-electron chi connectivity index (χ3n) is 4.61. The van der Waals surface area contributed by atoms with Gasteiger partial charge >= 0.3 is 0 Å². The van der Waals surface area contributed by atoms with Gasteiger partial charge < -0.3 is 5.11 Å². The predicted molar refractivity (Wildman–Crippen MR) is 90.9 cm³/mol. The Hall–Kier alpha value is -2.06. The number of aliphatic hydroxyl groups is 1. The molecular weight excluding hydrogens is 270 g/mol. The van der Waals surface area contributed by atoms with Crippen LogP contribution in [0.4, 0.5) is 0 Å². The van der Waals surface area contributed by atoms with Gasteiger partial charge in [-0.05, 0) is 48.6 Å². The molecule has 0 amide bonds. The molecule has 2 aromatic carbocycles. The van der Waals surface area contributed by atoms with Gasteiger partial charge in [-0.1, -0.05) is 48.5 Å². The molecule has 1 atom stereocenters. The molecule has 1 heterocycles. The molecule has 22 heavy (non-hydrogen) atoms. The zero-order valence-electron chi connectivity index (χ0n) is 13.6. The minimum Gasteiger partial charge on any atom is -0.511 e. The number of nitrogens with zero attached hydrogens (tertiary/aromatic N) is 1. The summed E-state index contributed by atoms with van der Waals surface area (Å²) in [6.07, 6.45) is 0. The van der Waals surface area contributed by atoms with Gasteiger partial charge in [0.15, 0.2) is 0 Å². The average Bonchev–Trinajstić information content (AvgIpc) is 2.80.